The van der Waals surface area contributed by atoms with Crippen LogP contribution in [0.15, 0.2) is 23.1 Å². The van der Waals surface area contributed by atoms with Gasteiger partial charge in [0.2, 0.25) is 10.0 Å². The molecule has 1 aliphatic heterocycles. The molecule has 1 N–H and O–H groups in total. The average Bonchev–Trinajstić information content (AvgIpc) is 2.88. The zero-order valence-electron chi connectivity index (χ0n) is 12.8. The van der Waals surface area contributed by atoms with Gasteiger partial charge in [-0.2, -0.15) is 4.31 Å². The van der Waals surface area contributed by atoms with Gasteiger partial charge in [0.05, 0.1) is 5.02 Å². The summed E-state index contributed by atoms with van der Waals surface area (Å²) in [6.45, 7) is 6.05. The second-order valence-electron chi connectivity index (χ2n) is 5.92. The van der Waals surface area contributed by atoms with Crippen LogP contribution in [0.1, 0.15) is 31.7 Å². The predicted octanol–water partition coefficient (Wildman–Crippen LogP) is 2.69. The van der Waals surface area contributed by atoms with Gasteiger partial charge in [0.15, 0.2) is 0 Å². The lowest BCUT2D eigenvalue weighted by Crippen LogP contribution is -2.30. The van der Waals surface area contributed by atoms with E-state index in [9.17, 15) is 8.42 Å². The van der Waals surface area contributed by atoms with E-state index in [2.05, 4.69) is 5.32 Å². The van der Waals surface area contributed by atoms with E-state index in [-0.39, 0.29) is 10.8 Å². The summed E-state index contributed by atoms with van der Waals surface area (Å²) in [5.41, 5.74) is 0.990. The fourth-order valence-electron chi connectivity index (χ4n) is 2.69. The molecule has 21 heavy (non-hydrogen) atoms. The Kier molecular flexibility index (Phi) is 5.30. The molecule has 118 valence electrons. The zero-order valence-corrected chi connectivity index (χ0v) is 14.3. The number of benzene rings is 1. The maximum Gasteiger partial charge on any atom is 0.244 e. The van der Waals surface area contributed by atoms with Crippen LogP contribution in [0.5, 0.6) is 0 Å². The maximum absolute atomic E-state index is 12.8. The first-order valence-corrected chi connectivity index (χ1v) is 9.12. The predicted molar refractivity (Wildman–Crippen MR) is 86.3 cm³/mol. The summed E-state index contributed by atoms with van der Waals surface area (Å²) in [6.07, 6.45) is 0.890. The molecule has 0 aliphatic carbocycles. The van der Waals surface area contributed by atoms with E-state index < -0.39 is 10.0 Å². The van der Waals surface area contributed by atoms with Crippen molar-refractivity contribution in [3.05, 3.63) is 28.8 Å². The number of hydrogen-bond donors (Lipinski definition) is 1. The van der Waals surface area contributed by atoms with E-state index in [4.69, 9.17) is 11.6 Å². The molecular weight excluding hydrogens is 308 g/mol. The van der Waals surface area contributed by atoms with Crippen molar-refractivity contribution >= 4 is 21.6 Å². The third-order valence-corrected chi connectivity index (χ3v) is 6.33. The highest BCUT2D eigenvalue weighted by Crippen LogP contribution is 2.31. The molecule has 0 radical (unpaired) electrons. The fraction of sp³-hybridized carbons (Fsp3) is 0.600. The number of nitrogens with zero attached hydrogens (tertiary/aromatic N) is 1. The first-order valence-electron chi connectivity index (χ1n) is 7.30. The Morgan fingerprint density at radius 1 is 1.43 bits per heavy atom. The van der Waals surface area contributed by atoms with Gasteiger partial charge in [0, 0.05) is 13.1 Å². The molecule has 1 aromatic carbocycles. The largest absolute Gasteiger partial charge is 0.319 e. The lowest BCUT2D eigenvalue weighted by atomic mass is 10.0. The van der Waals surface area contributed by atoms with Crippen LogP contribution in [0.3, 0.4) is 0 Å². The van der Waals surface area contributed by atoms with Crippen LogP contribution in [0.25, 0.3) is 0 Å². The molecule has 0 aromatic heterocycles. The van der Waals surface area contributed by atoms with Crippen LogP contribution >= 0.6 is 11.6 Å². The molecule has 4 nitrogen and oxygen atoms in total. The van der Waals surface area contributed by atoms with Gasteiger partial charge in [0.1, 0.15) is 4.90 Å². The van der Waals surface area contributed by atoms with Crippen molar-refractivity contribution in [3.63, 3.8) is 0 Å². The van der Waals surface area contributed by atoms with Gasteiger partial charge in [-0.15, -0.1) is 0 Å². The Morgan fingerprint density at radius 2 is 2.14 bits per heavy atom. The van der Waals surface area contributed by atoms with Gasteiger partial charge in [-0.25, -0.2) is 8.42 Å². The third kappa shape index (κ3) is 3.59. The van der Waals surface area contributed by atoms with E-state index >= 15 is 0 Å². The molecule has 0 bridgehead atoms. The smallest absolute Gasteiger partial charge is 0.244 e. The van der Waals surface area contributed by atoms with E-state index in [1.165, 1.54) is 0 Å². The normalized spacial score (nSPS) is 20.3. The second-order valence-corrected chi connectivity index (χ2v) is 8.23. The minimum Gasteiger partial charge on any atom is -0.319 e. The molecule has 1 fully saturated rings. The van der Waals surface area contributed by atoms with Gasteiger partial charge in [0.25, 0.3) is 0 Å². The lowest BCUT2D eigenvalue weighted by molar-refractivity contribution is 0.451. The molecule has 6 heteroatoms. The topological polar surface area (TPSA) is 49.4 Å². The summed E-state index contributed by atoms with van der Waals surface area (Å²) in [6, 6.07) is 5.29. The van der Waals surface area contributed by atoms with E-state index in [0.29, 0.717) is 24.0 Å². The maximum atomic E-state index is 12.8. The molecule has 1 heterocycles. The minimum atomic E-state index is -3.50. The quantitative estimate of drug-likeness (QED) is 0.903. The van der Waals surface area contributed by atoms with Gasteiger partial charge in [-0.1, -0.05) is 31.5 Å². The number of nitrogens with one attached hydrogen (secondary N) is 1. The van der Waals surface area contributed by atoms with Gasteiger partial charge in [-0.05, 0) is 49.5 Å². The standard InChI is InChI=1S/C15H23ClN2O2S/c1-11(2)13-4-5-14(16)15(8-13)21(19,20)18-7-6-12(10-18)9-17-3/h4-5,8,11-12,17H,6-7,9-10H2,1-3H3. The SMILES string of the molecule is CNCC1CCN(S(=O)(=O)c2cc(C(C)C)ccc2Cl)C1. The zero-order chi connectivity index (χ0) is 15.6. The van der Waals surface area contributed by atoms with Crippen LogP contribution in [0.4, 0.5) is 0 Å². The molecule has 0 spiro atoms. The number of rotatable bonds is 5. The van der Waals surface area contributed by atoms with Crippen molar-refractivity contribution in [2.75, 3.05) is 26.7 Å². The molecular formula is C15H23ClN2O2S. The molecule has 1 atom stereocenters. The van der Waals surface area contributed by atoms with E-state index in [1.54, 1.807) is 16.4 Å². The van der Waals surface area contributed by atoms with Gasteiger partial charge in [-0.3, -0.25) is 0 Å². The Morgan fingerprint density at radius 3 is 2.76 bits per heavy atom. The summed E-state index contributed by atoms with van der Waals surface area (Å²) >= 11 is 6.14. The summed E-state index contributed by atoms with van der Waals surface area (Å²) in [5.74, 6) is 0.642. The average molecular weight is 331 g/mol. The lowest BCUT2D eigenvalue weighted by Gasteiger charge is -2.18. The third-order valence-electron chi connectivity index (χ3n) is 3.98. The summed E-state index contributed by atoms with van der Waals surface area (Å²) in [7, 11) is -1.61. The Balaban J connectivity index is 2.30. The molecule has 1 unspecified atom stereocenters. The minimum absolute atomic E-state index is 0.237. The molecule has 2 rings (SSSR count). The Labute approximate surface area is 132 Å². The van der Waals surface area contributed by atoms with Crippen molar-refractivity contribution in [1.82, 2.24) is 9.62 Å². The number of sulfonamides is 1. The van der Waals surface area contributed by atoms with Crippen LogP contribution in [0, 0.1) is 5.92 Å². The van der Waals surface area contributed by atoms with Crippen molar-refractivity contribution in [1.29, 1.82) is 0 Å². The highest BCUT2D eigenvalue weighted by Gasteiger charge is 2.33. The van der Waals surface area contributed by atoms with Gasteiger partial charge < -0.3 is 5.32 Å². The number of hydrogen-bond acceptors (Lipinski definition) is 3. The molecule has 0 amide bonds. The monoisotopic (exact) mass is 330 g/mol. The molecule has 1 saturated heterocycles. The van der Waals surface area contributed by atoms with Crippen LogP contribution in [-0.2, 0) is 10.0 Å². The fourth-order valence-corrected chi connectivity index (χ4v) is 4.73. The van der Waals surface area contributed by atoms with Crippen LogP contribution in [0.2, 0.25) is 5.02 Å². The first kappa shape index (κ1) is 16.7. The van der Waals surface area contributed by atoms with Crippen LogP contribution < -0.4 is 5.32 Å². The molecule has 1 aromatic rings. The van der Waals surface area contributed by atoms with Crippen molar-refractivity contribution in [3.8, 4) is 0 Å². The molecule has 0 saturated carbocycles. The summed E-state index contributed by atoms with van der Waals surface area (Å²) < 4.78 is 27.2. The van der Waals surface area contributed by atoms with Crippen molar-refractivity contribution in [2.24, 2.45) is 5.92 Å². The summed E-state index contributed by atoms with van der Waals surface area (Å²) in [4.78, 5) is 0.237. The van der Waals surface area contributed by atoms with E-state index in [0.717, 1.165) is 18.5 Å². The van der Waals surface area contributed by atoms with Crippen LogP contribution in [-0.4, -0.2) is 39.4 Å². The van der Waals surface area contributed by atoms with Crippen molar-refractivity contribution in [2.45, 2.75) is 31.1 Å². The second kappa shape index (κ2) is 6.65. The Hall–Kier alpha value is -0.620. The van der Waals surface area contributed by atoms with Crippen molar-refractivity contribution < 1.29 is 8.42 Å². The highest BCUT2D eigenvalue weighted by molar-refractivity contribution is 7.89. The highest BCUT2D eigenvalue weighted by atomic mass is 35.5. The van der Waals surface area contributed by atoms with Gasteiger partial charge >= 0.3 is 0 Å². The Bertz CT molecular complexity index is 602. The molecule has 1 aliphatic rings. The number of halogens is 1. The first-order chi connectivity index (χ1) is 9.86. The summed E-state index contributed by atoms with van der Waals surface area (Å²) in [5, 5.41) is 3.41. The van der Waals surface area contributed by atoms with E-state index in [1.807, 2.05) is 27.0 Å².